The van der Waals surface area contributed by atoms with E-state index in [0.717, 1.165) is 11.6 Å². The van der Waals surface area contributed by atoms with Gasteiger partial charge in [0, 0.05) is 10.2 Å². The average Bonchev–Trinajstić information content (AvgIpc) is 2.11. The number of carbonyl (C=O) groups is 1. The van der Waals surface area contributed by atoms with E-state index < -0.39 is 19.4 Å². The molecule has 0 aliphatic carbocycles. The SMILES string of the molecule is [2H]C([2H])([2H])C([2H])([2H])OC(=O)/C=C/C(C)=C/C(C)C. The third-order valence-electron chi connectivity index (χ3n) is 1.23. The monoisotopic (exact) mass is 187 g/mol. The largest absolute Gasteiger partial charge is 0.463 e. The van der Waals surface area contributed by atoms with E-state index in [-0.39, 0.29) is 0 Å². The van der Waals surface area contributed by atoms with Crippen molar-refractivity contribution in [2.75, 3.05) is 6.56 Å². The minimum Gasteiger partial charge on any atom is -0.463 e. The summed E-state index contributed by atoms with van der Waals surface area (Å²) in [5.74, 6) is -0.702. The fraction of sp³-hybridized carbons (Fsp3) is 0.545. The summed E-state index contributed by atoms with van der Waals surface area (Å²) in [6.45, 7) is -0.253. The molecule has 0 bridgehead atoms. The maximum Gasteiger partial charge on any atom is 0.330 e. The van der Waals surface area contributed by atoms with Gasteiger partial charge in [0.15, 0.2) is 0 Å². The molecule has 0 aliphatic heterocycles. The predicted octanol–water partition coefficient (Wildman–Crippen LogP) is 2.71. The zero-order valence-corrected chi connectivity index (χ0v) is 8.13. The Kier molecular flexibility index (Phi) is 2.80. The van der Waals surface area contributed by atoms with Crippen molar-refractivity contribution in [3.05, 3.63) is 23.8 Å². The van der Waals surface area contributed by atoms with E-state index in [1.165, 1.54) is 6.08 Å². The van der Waals surface area contributed by atoms with Gasteiger partial charge in [0.2, 0.25) is 0 Å². The molecule has 2 heteroatoms. The summed E-state index contributed by atoms with van der Waals surface area (Å²) in [5.41, 5.74) is 0.816. The Morgan fingerprint density at radius 2 is 2.31 bits per heavy atom. The lowest BCUT2D eigenvalue weighted by Gasteiger charge is -1.97. The molecule has 0 amide bonds. The van der Waals surface area contributed by atoms with Gasteiger partial charge in [-0.25, -0.2) is 4.79 Å². The molecule has 0 spiro atoms. The fourth-order valence-electron chi connectivity index (χ4n) is 0.865. The zero-order valence-electron chi connectivity index (χ0n) is 13.1. The van der Waals surface area contributed by atoms with E-state index in [0.29, 0.717) is 5.92 Å². The molecule has 0 saturated heterocycles. The van der Waals surface area contributed by atoms with Crippen molar-refractivity contribution in [2.45, 2.75) is 27.6 Å². The molecule has 0 heterocycles. The molecule has 0 aromatic heterocycles. The third-order valence-corrected chi connectivity index (χ3v) is 1.23. The highest BCUT2D eigenvalue weighted by Gasteiger charge is 1.93. The zero-order chi connectivity index (χ0) is 14.6. The normalized spacial score (nSPS) is 20.3. The summed E-state index contributed by atoms with van der Waals surface area (Å²) in [6.07, 6.45) is 4.37. The van der Waals surface area contributed by atoms with Gasteiger partial charge in [0.05, 0.1) is 9.30 Å². The van der Waals surface area contributed by atoms with Crippen LogP contribution in [0.25, 0.3) is 0 Å². The Labute approximate surface area is 87.3 Å². The first-order chi connectivity index (χ1) is 7.95. The van der Waals surface area contributed by atoms with Gasteiger partial charge in [0.1, 0.15) is 0 Å². The van der Waals surface area contributed by atoms with Gasteiger partial charge in [0.25, 0.3) is 0 Å². The number of allylic oxidation sites excluding steroid dienone is 3. The standard InChI is InChI=1S/C11H18O2/c1-5-13-11(12)7-6-10(4)8-9(2)3/h6-9H,5H2,1-4H3/b7-6+,10-8+/i1D3,5D2. The topological polar surface area (TPSA) is 26.3 Å². The first-order valence-corrected chi connectivity index (χ1v) is 4.05. The molecule has 0 atom stereocenters. The minimum atomic E-state index is -3.00. The van der Waals surface area contributed by atoms with Gasteiger partial charge in [-0.15, -0.1) is 0 Å². The third kappa shape index (κ3) is 7.32. The molecule has 0 aromatic carbocycles. The van der Waals surface area contributed by atoms with Crippen molar-refractivity contribution in [3.8, 4) is 0 Å². The smallest absolute Gasteiger partial charge is 0.330 e. The van der Waals surface area contributed by atoms with Gasteiger partial charge in [-0.1, -0.05) is 31.6 Å². The molecule has 2 nitrogen and oxygen atoms in total. The summed E-state index contributed by atoms with van der Waals surface area (Å²) in [7, 11) is 0. The first-order valence-electron chi connectivity index (χ1n) is 6.55. The van der Waals surface area contributed by atoms with Crippen LogP contribution in [0, 0.1) is 5.92 Å². The van der Waals surface area contributed by atoms with Gasteiger partial charge < -0.3 is 4.74 Å². The van der Waals surface area contributed by atoms with E-state index in [1.807, 2.05) is 19.9 Å². The summed E-state index contributed by atoms with van der Waals surface area (Å²) in [4.78, 5) is 11.3. The van der Waals surface area contributed by atoms with Crippen LogP contribution in [0.3, 0.4) is 0 Å². The number of rotatable bonds is 4. The van der Waals surface area contributed by atoms with Gasteiger partial charge in [-0.3, -0.25) is 0 Å². The van der Waals surface area contributed by atoms with Crippen LogP contribution in [-0.4, -0.2) is 12.5 Å². The van der Waals surface area contributed by atoms with E-state index in [2.05, 4.69) is 4.74 Å². The number of hydrogen-bond acceptors (Lipinski definition) is 2. The van der Waals surface area contributed by atoms with Crippen LogP contribution in [0.5, 0.6) is 0 Å². The lowest BCUT2D eigenvalue weighted by atomic mass is 10.1. The Morgan fingerprint density at radius 1 is 1.62 bits per heavy atom. The fourth-order valence-corrected chi connectivity index (χ4v) is 0.865. The molecule has 13 heavy (non-hydrogen) atoms. The molecule has 0 aliphatic rings. The molecule has 0 N–H and O–H groups in total. The summed E-state index contributed by atoms with van der Waals surface area (Å²) < 4.78 is 39.2. The van der Waals surface area contributed by atoms with Crippen molar-refractivity contribution in [2.24, 2.45) is 5.92 Å². The summed E-state index contributed by atoms with van der Waals surface area (Å²) in [6, 6.07) is 0. The molecule has 0 fully saturated rings. The minimum absolute atomic E-state index is 0.319. The molecular weight excluding hydrogens is 164 g/mol. The Balaban J connectivity index is 4.59. The van der Waals surface area contributed by atoms with Crippen molar-refractivity contribution >= 4 is 5.97 Å². The maximum atomic E-state index is 11.3. The van der Waals surface area contributed by atoms with Gasteiger partial charge >= 0.3 is 5.97 Å². The number of carbonyl (C=O) groups excluding carboxylic acids is 1. The highest BCUT2D eigenvalue weighted by atomic mass is 16.5. The van der Waals surface area contributed by atoms with E-state index in [1.54, 1.807) is 6.92 Å². The molecule has 74 valence electrons. The lowest BCUT2D eigenvalue weighted by Crippen LogP contribution is -1.98. The molecule has 0 aromatic rings. The van der Waals surface area contributed by atoms with E-state index >= 15 is 0 Å². The van der Waals surface area contributed by atoms with E-state index in [9.17, 15) is 4.79 Å². The Morgan fingerprint density at radius 3 is 2.85 bits per heavy atom. The van der Waals surface area contributed by atoms with Crippen LogP contribution in [0.1, 0.15) is 34.5 Å². The number of esters is 1. The molecule has 0 saturated carbocycles. The van der Waals surface area contributed by atoms with Gasteiger partial charge in [-0.05, 0) is 19.7 Å². The summed E-state index contributed by atoms with van der Waals surface area (Å²) in [5, 5.41) is 0. The van der Waals surface area contributed by atoms with Crippen molar-refractivity contribution in [3.63, 3.8) is 0 Å². The van der Waals surface area contributed by atoms with Crippen LogP contribution < -0.4 is 0 Å². The number of ether oxygens (including phenoxy) is 1. The van der Waals surface area contributed by atoms with Crippen LogP contribution >= 0.6 is 0 Å². The second kappa shape index (κ2) is 6.46. The van der Waals surface area contributed by atoms with Crippen LogP contribution in [0.15, 0.2) is 23.8 Å². The molecule has 0 unspecified atom stereocenters. The number of hydrogen-bond donors (Lipinski definition) is 0. The van der Waals surface area contributed by atoms with E-state index in [4.69, 9.17) is 6.85 Å². The highest BCUT2D eigenvalue weighted by molar-refractivity contribution is 5.82. The molecule has 0 radical (unpaired) electrons. The quantitative estimate of drug-likeness (QED) is 0.384. The first kappa shape index (κ1) is 5.63. The molecule has 0 rings (SSSR count). The van der Waals surface area contributed by atoms with Crippen molar-refractivity contribution < 1.29 is 16.4 Å². The Hall–Kier alpha value is -1.05. The summed E-state index contributed by atoms with van der Waals surface area (Å²) >= 11 is 0. The highest BCUT2D eigenvalue weighted by Crippen LogP contribution is 2.02. The Bertz CT molecular complexity index is 353. The maximum absolute atomic E-state index is 11.3. The van der Waals surface area contributed by atoms with Crippen LogP contribution in [0.4, 0.5) is 0 Å². The second-order valence-electron chi connectivity index (χ2n) is 3.01. The van der Waals surface area contributed by atoms with Crippen LogP contribution in [-0.2, 0) is 9.53 Å². The lowest BCUT2D eigenvalue weighted by molar-refractivity contribution is -0.137. The molecular formula is C11H18O2. The van der Waals surface area contributed by atoms with Crippen LogP contribution in [0.2, 0.25) is 0 Å². The predicted molar refractivity (Wildman–Crippen MR) is 54.4 cm³/mol. The second-order valence-corrected chi connectivity index (χ2v) is 3.01. The van der Waals surface area contributed by atoms with Crippen molar-refractivity contribution in [1.82, 2.24) is 0 Å². The van der Waals surface area contributed by atoms with Crippen molar-refractivity contribution in [1.29, 1.82) is 0 Å². The average molecular weight is 187 g/mol. The van der Waals surface area contributed by atoms with Gasteiger partial charge in [-0.2, -0.15) is 0 Å².